The molecule has 0 amide bonds. The number of phenols is 1. The van der Waals surface area contributed by atoms with Crippen LogP contribution >= 0.6 is 0 Å². The summed E-state index contributed by atoms with van der Waals surface area (Å²) in [6, 6.07) is 6.40. The predicted molar refractivity (Wildman–Crippen MR) is 63.8 cm³/mol. The second-order valence-electron chi connectivity index (χ2n) is 4.00. The van der Waals surface area contributed by atoms with Crippen LogP contribution in [0.4, 0.5) is 0 Å². The quantitative estimate of drug-likeness (QED) is 0.714. The third-order valence-corrected chi connectivity index (χ3v) is 2.53. The van der Waals surface area contributed by atoms with Crippen molar-refractivity contribution in [1.82, 2.24) is 10.1 Å². The Morgan fingerprint density at radius 1 is 1.28 bits per heavy atom. The highest BCUT2D eigenvalue weighted by molar-refractivity contribution is 5.26. The highest BCUT2D eigenvalue weighted by Gasteiger charge is 2.15. The molecule has 0 unspecified atom stereocenters. The number of rotatable bonds is 5. The van der Waals surface area contributed by atoms with Gasteiger partial charge in [-0.2, -0.15) is 4.98 Å². The van der Waals surface area contributed by atoms with E-state index in [0.717, 1.165) is 5.56 Å². The average molecular weight is 249 g/mol. The third kappa shape index (κ3) is 3.06. The van der Waals surface area contributed by atoms with Gasteiger partial charge in [-0.15, -0.1) is 0 Å². The predicted octanol–water partition coefficient (Wildman–Crippen LogP) is 0.552. The first-order valence-corrected chi connectivity index (χ1v) is 5.66. The SMILES string of the molecule is N[C@H](Cc1ccc(O)cc1)c1nc(CCO)no1. The van der Waals surface area contributed by atoms with Gasteiger partial charge in [0.15, 0.2) is 5.82 Å². The molecule has 0 aliphatic heterocycles. The van der Waals surface area contributed by atoms with Gasteiger partial charge in [-0.3, -0.25) is 0 Å². The fourth-order valence-electron chi connectivity index (χ4n) is 1.59. The van der Waals surface area contributed by atoms with Gasteiger partial charge < -0.3 is 20.5 Å². The topological polar surface area (TPSA) is 105 Å². The standard InChI is InChI=1S/C12H15N3O3/c13-10(7-8-1-3-9(17)4-2-8)12-14-11(5-6-16)15-18-12/h1-4,10,16-17H,5-7,13H2/t10-/m1/s1. The first-order chi connectivity index (χ1) is 8.69. The summed E-state index contributed by atoms with van der Waals surface area (Å²) in [5.41, 5.74) is 6.93. The zero-order chi connectivity index (χ0) is 13.0. The zero-order valence-corrected chi connectivity index (χ0v) is 9.78. The Balaban J connectivity index is 2.02. The minimum Gasteiger partial charge on any atom is -0.508 e. The Morgan fingerprint density at radius 3 is 2.67 bits per heavy atom. The highest BCUT2D eigenvalue weighted by Crippen LogP contribution is 2.16. The van der Waals surface area contributed by atoms with Gasteiger partial charge in [-0.05, 0) is 24.1 Å². The van der Waals surface area contributed by atoms with E-state index in [-0.39, 0.29) is 12.4 Å². The summed E-state index contributed by atoms with van der Waals surface area (Å²) >= 11 is 0. The number of aliphatic hydroxyl groups excluding tert-OH is 1. The van der Waals surface area contributed by atoms with Crippen molar-refractivity contribution < 1.29 is 14.7 Å². The number of nitrogens with two attached hydrogens (primary N) is 1. The van der Waals surface area contributed by atoms with E-state index < -0.39 is 6.04 Å². The molecule has 6 heteroatoms. The van der Waals surface area contributed by atoms with Crippen LogP contribution in [-0.4, -0.2) is 27.0 Å². The lowest BCUT2D eigenvalue weighted by atomic mass is 10.1. The maximum atomic E-state index is 9.17. The van der Waals surface area contributed by atoms with E-state index >= 15 is 0 Å². The number of hydrogen-bond donors (Lipinski definition) is 3. The van der Waals surface area contributed by atoms with Crippen LogP contribution in [-0.2, 0) is 12.8 Å². The molecule has 0 bridgehead atoms. The van der Waals surface area contributed by atoms with Crippen LogP contribution < -0.4 is 5.73 Å². The fourth-order valence-corrected chi connectivity index (χ4v) is 1.59. The molecular formula is C12H15N3O3. The van der Waals surface area contributed by atoms with Crippen molar-refractivity contribution in [2.45, 2.75) is 18.9 Å². The van der Waals surface area contributed by atoms with Crippen LogP contribution in [0.5, 0.6) is 5.75 Å². The first kappa shape index (κ1) is 12.5. The lowest BCUT2D eigenvalue weighted by Gasteiger charge is -2.06. The van der Waals surface area contributed by atoms with Gasteiger partial charge >= 0.3 is 0 Å². The Bertz CT molecular complexity index is 496. The molecule has 0 radical (unpaired) electrons. The van der Waals surface area contributed by atoms with Crippen LogP contribution in [0.15, 0.2) is 28.8 Å². The highest BCUT2D eigenvalue weighted by atomic mass is 16.5. The monoisotopic (exact) mass is 249 g/mol. The van der Waals surface area contributed by atoms with Crippen LogP contribution in [0.1, 0.15) is 23.3 Å². The number of aliphatic hydroxyl groups is 1. The van der Waals surface area contributed by atoms with Crippen LogP contribution in [0.3, 0.4) is 0 Å². The van der Waals surface area contributed by atoms with Crippen molar-refractivity contribution >= 4 is 0 Å². The van der Waals surface area contributed by atoms with Gasteiger partial charge in [0.2, 0.25) is 5.89 Å². The van der Waals surface area contributed by atoms with E-state index in [1.54, 1.807) is 24.3 Å². The van der Waals surface area contributed by atoms with E-state index in [9.17, 15) is 5.11 Å². The van der Waals surface area contributed by atoms with Crippen LogP contribution in [0.2, 0.25) is 0 Å². The molecule has 0 aliphatic carbocycles. The molecule has 18 heavy (non-hydrogen) atoms. The molecule has 0 aliphatic rings. The molecule has 1 heterocycles. The van der Waals surface area contributed by atoms with Gasteiger partial charge in [0.25, 0.3) is 0 Å². The third-order valence-electron chi connectivity index (χ3n) is 2.53. The van der Waals surface area contributed by atoms with Gasteiger partial charge in [0.05, 0.1) is 12.6 Å². The van der Waals surface area contributed by atoms with Crippen molar-refractivity contribution in [3.63, 3.8) is 0 Å². The Hall–Kier alpha value is -1.92. The molecule has 96 valence electrons. The Labute approximate surface area is 104 Å². The summed E-state index contributed by atoms with van der Waals surface area (Å²) in [5.74, 6) is 1.02. The molecule has 6 nitrogen and oxygen atoms in total. The zero-order valence-electron chi connectivity index (χ0n) is 9.78. The first-order valence-electron chi connectivity index (χ1n) is 5.66. The number of nitrogens with zero attached hydrogens (tertiary/aromatic N) is 2. The number of phenolic OH excluding ortho intramolecular Hbond substituents is 1. The summed E-state index contributed by atoms with van der Waals surface area (Å²) in [7, 11) is 0. The molecular weight excluding hydrogens is 234 g/mol. The number of aromatic hydroxyl groups is 1. The molecule has 2 aromatic rings. The van der Waals surface area contributed by atoms with Gasteiger partial charge in [-0.1, -0.05) is 17.3 Å². The summed E-state index contributed by atoms with van der Waals surface area (Å²) < 4.78 is 5.03. The second kappa shape index (κ2) is 5.61. The van der Waals surface area contributed by atoms with Crippen LogP contribution in [0, 0.1) is 0 Å². The van der Waals surface area contributed by atoms with E-state index in [1.807, 2.05) is 0 Å². The lowest BCUT2D eigenvalue weighted by molar-refractivity contribution is 0.292. The second-order valence-corrected chi connectivity index (χ2v) is 4.00. The smallest absolute Gasteiger partial charge is 0.243 e. The molecule has 1 aromatic heterocycles. The summed E-state index contributed by atoms with van der Waals surface area (Å²) in [4.78, 5) is 4.10. The van der Waals surface area contributed by atoms with Crippen molar-refractivity contribution in [2.75, 3.05) is 6.61 Å². The maximum absolute atomic E-state index is 9.17. The van der Waals surface area contributed by atoms with Gasteiger partial charge in [0.1, 0.15) is 5.75 Å². The van der Waals surface area contributed by atoms with Crippen molar-refractivity contribution in [3.05, 3.63) is 41.5 Å². The normalized spacial score (nSPS) is 12.6. The van der Waals surface area contributed by atoms with E-state index in [1.165, 1.54) is 0 Å². The van der Waals surface area contributed by atoms with Crippen molar-refractivity contribution in [1.29, 1.82) is 0 Å². The molecule has 0 fully saturated rings. The van der Waals surface area contributed by atoms with Gasteiger partial charge in [-0.25, -0.2) is 0 Å². The molecule has 0 spiro atoms. The van der Waals surface area contributed by atoms with Crippen molar-refractivity contribution in [3.8, 4) is 5.75 Å². The Morgan fingerprint density at radius 2 is 2.00 bits per heavy atom. The fraction of sp³-hybridized carbons (Fsp3) is 0.333. The van der Waals surface area contributed by atoms with E-state index in [4.69, 9.17) is 15.4 Å². The van der Waals surface area contributed by atoms with E-state index in [2.05, 4.69) is 10.1 Å². The van der Waals surface area contributed by atoms with E-state index in [0.29, 0.717) is 24.6 Å². The number of benzene rings is 1. The molecule has 0 saturated heterocycles. The van der Waals surface area contributed by atoms with Crippen molar-refractivity contribution in [2.24, 2.45) is 5.73 Å². The molecule has 4 N–H and O–H groups in total. The van der Waals surface area contributed by atoms with Crippen LogP contribution in [0.25, 0.3) is 0 Å². The number of hydrogen-bond acceptors (Lipinski definition) is 6. The average Bonchev–Trinajstić information content (AvgIpc) is 2.81. The molecule has 0 saturated carbocycles. The minimum atomic E-state index is -0.394. The molecule has 2 rings (SSSR count). The lowest BCUT2D eigenvalue weighted by Crippen LogP contribution is -2.13. The summed E-state index contributed by atoms with van der Waals surface area (Å²) in [5, 5.41) is 21.6. The molecule has 1 aromatic carbocycles. The number of aromatic nitrogens is 2. The largest absolute Gasteiger partial charge is 0.508 e. The summed E-state index contributed by atoms with van der Waals surface area (Å²) in [6.45, 7) is -0.0217. The summed E-state index contributed by atoms with van der Waals surface area (Å²) in [6.07, 6.45) is 0.899. The minimum absolute atomic E-state index is 0.0217. The molecule has 1 atom stereocenters. The van der Waals surface area contributed by atoms with Gasteiger partial charge in [0, 0.05) is 6.42 Å². The maximum Gasteiger partial charge on any atom is 0.243 e. The Kier molecular flexibility index (Phi) is 3.91.